The summed E-state index contributed by atoms with van der Waals surface area (Å²) in [7, 11) is 0. The molecule has 0 aromatic heterocycles. The minimum Gasteiger partial charge on any atom is -0.479 e. The highest BCUT2D eigenvalue weighted by Gasteiger charge is 2.39. The first-order chi connectivity index (χ1) is 14.7. The first kappa shape index (κ1) is 22.2. The number of ether oxygens (including phenoxy) is 1. The van der Waals surface area contributed by atoms with Gasteiger partial charge in [0.2, 0.25) is 5.91 Å². The van der Waals surface area contributed by atoms with Crippen molar-refractivity contribution in [3.05, 3.63) is 60.2 Å². The van der Waals surface area contributed by atoms with Crippen LogP contribution in [0.15, 0.2) is 59.5 Å². The van der Waals surface area contributed by atoms with Crippen LogP contribution in [0.3, 0.4) is 0 Å². The van der Waals surface area contributed by atoms with E-state index in [-0.39, 0.29) is 18.4 Å². The average Bonchev–Trinajstić information content (AvgIpc) is 2.78. The number of hydrogen-bond acceptors (Lipinski definition) is 4. The van der Waals surface area contributed by atoms with Crippen LogP contribution in [0.2, 0.25) is 0 Å². The van der Waals surface area contributed by atoms with E-state index in [1.807, 2.05) is 36.6 Å². The summed E-state index contributed by atoms with van der Waals surface area (Å²) >= 11 is 1.66. The maximum absolute atomic E-state index is 12.2. The van der Waals surface area contributed by atoms with Gasteiger partial charge in [0.1, 0.15) is 5.75 Å². The van der Waals surface area contributed by atoms with Crippen molar-refractivity contribution in [2.75, 3.05) is 25.9 Å². The Balaban J connectivity index is 1.23. The molecule has 0 radical (unpaired) electrons. The summed E-state index contributed by atoms with van der Waals surface area (Å²) in [5.74, 6) is 0.456. The summed E-state index contributed by atoms with van der Waals surface area (Å²) in [6.45, 7) is 1.22. The third-order valence-electron chi connectivity index (χ3n) is 5.20. The number of hydrogen-bond donors (Lipinski definition) is 1. The van der Waals surface area contributed by atoms with E-state index in [0.717, 1.165) is 30.6 Å². The standard InChI is InChI=1S/C24H30N2O3S/c1-30-21-14-12-20(13-15-21)29-22-17-26(24(22)28)18-23(27)25-16-8-3-2-5-9-19-10-6-4-7-11-19/h4,6-7,10-15,22H,2-3,5,8-9,16-18H2,1H3,(H,25,27). The number of nitrogens with one attached hydrogen (secondary N) is 1. The molecule has 30 heavy (non-hydrogen) atoms. The quantitative estimate of drug-likeness (QED) is 0.318. The van der Waals surface area contributed by atoms with E-state index in [1.165, 1.54) is 16.9 Å². The molecule has 0 spiro atoms. The van der Waals surface area contributed by atoms with Crippen LogP contribution in [-0.2, 0) is 16.0 Å². The highest BCUT2D eigenvalue weighted by molar-refractivity contribution is 7.98. The number of aryl methyl sites for hydroxylation is 1. The van der Waals surface area contributed by atoms with Gasteiger partial charge in [0.05, 0.1) is 13.1 Å². The third-order valence-corrected chi connectivity index (χ3v) is 5.95. The maximum Gasteiger partial charge on any atom is 0.266 e. The highest BCUT2D eigenvalue weighted by atomic mass is 32.2. The minimum atomic E-state index is -0.484. The van der Waals surface area contributed by atoms with Gasteiger partial charge in [0.25, 0.3) is 5.91 Å². The van der Waals surface area contributed by atoms with E-state index < -0.39 is 6.10 Å². The van der Waals surface area contributed by atoms with Gasteiger partial charge in [-0.05, 0) is 55.3 Å². The lowest BCUT2D eigenvalue weighted by Crippen LogP contribution is -2.61. The van der Waals surface area contributed by atoms with Gasteiger partial charge in [0.15, 0.2) is 6.10 Å². The molecule has 0 saturated carbocycles. The zero-order valence-corrected chi connectivity index (χ0v) is 18.3. The van der Waals surface area contributed by atoms with E-state index in [9.17, 15) is 9.59 Å². The van der Waals surface area contributed by atoms with Crippen LogP contribution >= 0.6 is 11.8 Å². The zero-order valence-electron chi connectivity index (χ0n) is 17.5. The molecule has 1 heterocycles. The number of carbonyl (C=O) groups excluding carboxylic acids is 2. The van der Waals surface area contributed by atoms with Gasteiger partial charge < -0.3 is 15.0 Å². The third kappa shape index (κ3) is 6.80. The molecule has 1 N–H and O–H groups in total. The molecule has 0 bridgehead atoms. The topological polar surface area (TPSA) is 58.6 Å². The van der Waals surface area contributed by atoms with Crippen molar-refractivity contribution in [2.45, 2.75) is 43.1 Å². The number of β-lactam (4-membered cyclic amide) rings is 1. The molecule has 5 nitrogen and oxygen atoms in total. The second-order valence-electron chi connectivity index (χ2n) is 7.50. The molecule has 3 rings (SSSR count). The van der Waals surface area contributed by atoms with E-state index in [1.54, 1.807) is 11.8 Å². The molecule has 2 aromatic rings. The van der Waals surface area contributed by atoms with Crippen molar-refractivity contribution >= 4 is 23.6 Å². The molecule has 1 fully saturated rings. The second-order valence-corrected chi connectivity index (χ2v) is 8.38. The largest absolute Gasteiger partial charge is 0.479 e. The Kier molecular flexibility index (Phi) is 8.63. The van der Waals surface area contributed by atoms with Crippen LogP contribution in [0, 0.1) is 0 Å². The number of thioether (sulfide) groups is 1. The Hall–Kier alpha value is -2.47. The molecule has 160 valence electrons. The first-order valence-electron chi connectivity index (χ1n) is 10.6. The number of nitrogens with zero attached hydrogens (tertiary/aromatic N) is 1. The first-order valence-corrected chi connectivity index (χ1v) is 11.8. The predicted octanol–water partition coefficient (Wildman–Crippen LogP) is 3.92. The highest BCUT2D eigenvalue weighted by Crippen LogP contribution is 2.22. The van der Waals surface area contributed by atoms with E-state index in [4.69, 9.17) is 4.74 Å². The SMILES string of the molecule is CSc1ccc(OC2CN(CC(=O)NCCCCCCc3ccccc3)C2=O)cc1. The number of amides is 2. The molecule has 1 atom stereocenters. The number of rotatable bonds is 12. The van der Waals surface area contributed by atoms with Crippen molar-refractivity contribution in [3.8, 4) is 5.75 Å². The summed E-state index contributed by atoms with van der Waals surface area (Å²) < 4.78 is 5.71. The molecular formula is C24H30N2O3S. The Labute approximate surface area is 183 Å². The normalized spacial score (nSPS) is 15.6. The molecule has 1 unspecified atom stereocenters. The number of likely N-dealkylation sites (tertiary alicyclic amines) is 1. The summed E-state index contributed by atoms with van der Waals surface area (Å²) in [4.78, 5) is 26.9. The van der Waals surface area contributed by atoms with Gasteiger partial charge in [-0.2, -0.15) is 0 Å². The molecule has 2 amide bonds. The van der Waals surface area contributed by atoms with Gasteiger partial charge in [-0.3, -0.25) is 9.59 Å². The molecule has 1 aliphatic heterocycles. The maximum atomic E-state index is 12.2. The zero-order chi connectivity index (χ0) is 21.2. The van der Waals surface area contributed by atoms with Crippen LogP contribution in [0.4, 0.5) is 0 Å². The van der Waals surface area contributed by atoms with Crippen LogP contribution in [0.1, 0.15) is 31.2 Å². The fourth-order valence-corrected chi connectivity index (χ4v) is 3.83. The van der Waals surface area contributed by atoms with Crippen LogP contribution in [-0.4, -0.2) is 48.7 Å². The van der Waals surface area contributed by atoms with Gasteiger partial charge in [-0.1, -0.05) is 43.2 Å². The lowest BCUT2D eigenvalue weighted by atomic mass is 10.1. The van der Waals surface area contributed by atoms with Gasteiger partial charge in [0, 0.05) is 11.4 Å². The Bertz CT molecular complexity index is 811. The fourth-order valence-electron chi connectivity index (χ4n) is 3.42. The molecule has 2 aromatic carbocycles. The Morgan fingerprint density at radius 3 is 2.50 bits per heavy atom. The smallest absolute Gasteiger partial charge is 0.266 e. The van der Waals surface area contributed by atoms with Crippen molar-refractivity contribution in [1.29, 1.82) is 0 Å². The fraction of sp³-hybridized carbons (Fsp3) is 0.417. The summed E-state index contributed by atoms with van der Waals surface area (Å²) in [6, 6.07) is 18.2. The molecule has 6 heteroatoms. The molecule has 1 aliphatic rings. The number of unbranched alkanes of at least 4 members (excludes halogenated alkanes) is 3. The minimum absolute atomic E-state index is 0.101. The van der Waals surface area contributed by atoms with Gasteiger partial charge >= 0.3 is 0 Å². The Morgan fingerprint density at radius 2 is 1.80 bits per heavy atom. The van der Waals surface area contributed by atoms with Gasteiger partial charge in [-0.15, -0.1) is 11.8 Å². The average molecular weight is 427 g/mol. The molecular weight excluding hydrogens is 396 g/mol. The number of benzene rings is 2. The van der Waals surface area contributed by atoms with Crippen molar-refractivity contribution in [2.24, 2.45) is 0 Å². The second kappa shape index (κ2) is 11.6. The Morgan fingerprint density at radius 1 is 1.07 bits per heavy atom. The molecule has 0 aliphatic carbocycles. The van der Waals surface area contributed by atoms with Crippen LogP contribution < -0.4 is 10.1 Å². The van der Waals surface area contributed by atoms with Gasteiger partial charge in [-0.25, -0.2) is 0 Å². The van der Waals surface area contributed by atoms with Crippen LogP contribution in [0.5, 0.6) is 5.75 Å². The van der Waals surface area contributed by atoms with E-state index >= 15 is 0 Å². The van der Waals surface area contributed by atoms with E-state index in [2.05, 4.69) is 29.6 Å². The summed E-state index contributed by atoms with van der Waals surface area (Å²) in [5, 5.41) is 2.91. The lowest BCUT2D eigenvalue weighted by Gasteiger charge is -2.37. The predicted molar refractivity (Wildman–Crippen MR) is 121 cm³/mol. The van der Waals surface area contributed by atoms with Crippen LogP contribution in [0.25, 0.3) is 0 Å². The molecule has 1 saturated heterocycles. The van der Waals surface area contributed by atoms with Crippen molar-refractivity contribution in [1.82, 2.24) is 10.2 Å². The summed E-state index contributed by atoms with van der Waals surface area (Å²) in [6.07, 6.45) is 7.03. The van der Waals surface area contributed by atoms with E-state index in [0.29, 0.717) is 18.8 Å². The number of carbonyl (C=O) groups is 2. The van der Waals surface area contributed by atoms with Crippen molar-refractivity contribution in [3.63, 3.8) is 0 Å². The van der Waals surface area contributed by atoms with Crippen molar-refractivity contribution < 1.29 is 14.3 Å². The summed E-state index contributed by atoms with van der Waals surface area (Å²) in [5.41, 5.74) is 1.38. The monoisotopic (exact) mass is 426 g/mol. The lowest BCUT2D eigenvalue weighted by molar-refractivity contribution is -0.155.